The molecule has 0 heterocycles. The van der Waals surface area contributed by atoms with Crippen molar-refractivity contribution in [2.75, 3.05) is 12.3 Å². The monoisotopic (exact) mass is 323 g/mol. The predicted molar refractivity (Wildman–Crippen MR) is 72.5 cm³/mol. The molecule has 2 amide bonds. The lowest BCUT2D eigenvalue weighted by molar-refractivity contribution is -0.139. The van der Waals surface area contributed by atoms with E-state index in [0.717, 1.165) is 0 Å². The molecule has 7 N–H and O–H groups in total. The molecule has 0 unspecified atom stereocenters. The Labute approximate surface area is 124 Å². The molecule has 0 aliphatic carbocycles. The molecular weight excluding hydrogens is 306 g/mol. The molecule has 0 rings (SSSR count). The van der Waals surface area contributed by atoms with Crippen LogP contribution in [-0.4, -0.2) is 62.9 Å². The van der Waals surface area contributed by atoms with Crippen LogP contribution in [0.15, 0.2) is 0 Å². The second kappa shape index (κ2) is 9.96. The average Bonchev–Trinajstić information content (AvgIpc) is 2.41. The Hall–Kier alpha value is -1.85. The minimum absolute atomic E-state index is 0.114. The molecule has 0 aromatic carbocycles. The van der Waals surface area contributed by atoms with Crippen LogP contribution >= 0.6 is 12.0 Å². The Bertz CT molecular complexity index is 404. The fraction of sp³-hybridized carbons (Fsp3) is 0.600. The summed E-state index contributed by atoms with van der Waals surface area (Å²) in [5, 5.41) is 21.3. The molecule has 0 aliphatic heterocycles. The third kappa shape index (κ3) is 8.83. The van der Waals surface area contributed by atoms with E-state index in [2.05, 4.69) is 10.6 Å². The van der Waals surface area contributed by atoms with Crippen molar-refractivity contribution < 1.29 is 33.9 Å². The third-order valence-corrected chi connectivity index (χ3v) is 2.79. The number of carboxylic acid groups (broad SMARTS) is 2. The fourth-order valence-corrected chi connectivity index (χ4v) is 1.60. The summed E-state index contributed by atoms with van der Waals surface area (Å²) in [6.45, 7) is -0.620. The number of amides is 2. The van der Waals surface area contributed by atoms with Gasteiger partial charge in [0.2, 0.25) is 11.8 Å². The number of nitrogens with one attached hydrogen (secondary N) is 2. The van der Waals surface area contributed by atoms with Crippen molar-refractivity contribution >= 4 is 35.8 Å². The summed E-state index contributed by atoms with van der Waals surface area (Å²) in [4.78, 5) is 43.9. The number of nitrogens with two attached hydrogens (primary N) is 1. The number of hydrogen-bond acceptors (Lipinski definition) is 7. The zero-order chi connectivity index (χ0) is 16.4. The highest BCUT2D eigenvalue weighted by atomic mass is 32.2. The van der Waals surface area contributed by atoms with Crippen LogP contribution < -0.4 is 16.4 Å². The van der Waals surface area contributed by atoms with Crippen LogP contribution in [0.5, 0.6) is 0 Å². The van der Waals surface area contributed by atoms with Gasteiger partial charge in [0.1, 0.15) is 18.6 Å². The topological polar surface area (TPSA) is 179 Å². The maximum Gasteiger partial charge on any atom is 0.322 e. The predicted octanol–water partition coefficient (Wildman–Crippen LogP) is -1.93. The first-order valence-electron chi connectivity index (χ1n) is 5.81. The second-order valence-electron chi connectivity index (χ2n) is 4.01. The van der Waals surface area contributed by atoms with Gasteiger partial charge in [-0.05, 0) is 18.5 Å². The molecule has 0 radical (unpaired) electrons. The largest absolute Gasteiger partial charge is 0.480 e. The first kappa shape index (κ1) is 19.1. The van der Waals surface area contributed by atoms with E-state index in [0.29, 0.717) is 12.0 Å². The van der Waals surface area contributed by atoms with Crippen LogP contribution in [0.4, 0.5) is 0 Å². The van der Waals surface area contributed by atoms with E-state index in [9.17, 15) is 19.2 Å². The molecule has 10 nitrogen and oxygen atoms in total. The van der Waals surface area contributed by atoms with E-state index < -0.39 is 42.4 Å². The van der Waals surface area contributed by atoms with Crippen molar-refractivity contribution in [1.82, 2.24) is 10.6 Å². The number of hydrogen-bond donors (Lipinski definition) is 6. The van der Waals surface area contributed by atoms with Gasteiger partial charge in [0.15, 0.2) is 0 Å². The number of aliphatic carboxylic acids is 2. The molecule has 0 aliphatic rings. The Kier molecular flexibility index (Phi) is 9.08. The van der Waals surface area contributed by atoms with Gasteiger partial charge >= 0.3 is 11.9 Å². The summed E-state index contributed by atoms with van der Waals surface area (Å²) in [7, 11) is 0. The highest BCUT2D eigenvalue weighted by Crippen LogP contribution is 2.00. The third-order valence-electron chi connectivity index (χ3n) is 2.31. The fourth-order valence-electron chi connectivity index (χ4n) is 1.22. The molecule has 2 atom stereocenters. The van der Waals surface area contributed by atoms with Crippen LogP contribution in [0.1, 0.15) is 12.8 Å². The van der Waals surface area contributed by atoms with Crippen molar-refractivity contribution in [2.24, 2.45) is 5.73 Å². The molecule has 0 spiro atoms. The van der Waals surface area contributed by atoms with Gasteiger partial charge in [-0.2, -0.15) is 0 Å². The number of rotatable bonds is 10. The van der Waals surface area contributed by atoms with Gasteiger partial charge < -0.3 is 31.1 Å². The SMILES string of the molecule is N[C@@H](CCC(=O)N[C@@H](CSO)C(=O)NCC(=O)O)C(=O)O. The molecule has 11 heteroatoms. The maximum atomic E-state index is 11.6. The summed E-state index contributed by atoms with van der Waals surface area (Å²) >= 11 is 0.302. The van der Waals surface area contributed by atoms with Crippen LogP contribution in [0.2, 0.25) is 0 Å². The van der Waals surface area contributed by atoms with E-state index in [1.807, 2.05) is 0 Å². The summed E-state index contributed by atoms with van der Waals surface area (Å²) < 4.78 is 8.74. The number of carboxylic acids is 2. The van der Waals surface area contributed by atoms with Crippen LogP contribution in [0.25, 0.3) is 0 Å². The second-order valence-corrected chi connectivity index (χ2v) is 4.60. The normalized spacial score (nSPS) is 13.0. The molecular formula is C10H17N3O7S. The molecule has 21 heavy (non-hydrogen) atoms. The molecule has 0 bridgehead atoms. The van der Waals surface area contributed by atoms with Crippen molar-refractivity contribution in [3.05, 3.63) is 0 Å². The van der Waals surface area contributed by atoms with Crippen molar-refractivity contribution in [3.63, 3.8) is 0 Å². The minimum Gasteiger partial charge on any atom is -0.480 e. The van der Waals surface area contributed by atoms with Gasteiger partial charge in [-0.1, -0.05) is 0 Å². The first-order chi connectivity index (χ1) is 9.77. The molecule has 120 valence electrons. The Morgan fingerprint density at radius 1 is 1.19 bits per heavy atom. The van der Waals surface area contributed by atoms with Gasteiger partial charge in [-0.3, -0.25) is 19.2 Å². The quantitative estimate of drug-likeness (QED) is 0.250. The summed E-state index contributed by atoms with van der Waals surface area (Å²) in [5.41, 5.74) is 5.23. The van der Waals surface area contributed by atoms with Crippen LogP contribution in [0.3, 0.4) is 0 Å². The van der Waals surface area contributed by atoms with Gasteiger partial charge in [-0.15, -0.1) is 0 Å². The Morgan fingerprint density at radius 2 is 1.81 bits per heavy atom. The minimum atomic E-state index is -1.25. The van der Waals surface area contributed by atoms with Gasteiger partial charge in [0, 0.05) is 12.2 Å². The highest BCUT2D eigenvalue weighted by molar-refractivity contribution is 7.93. The van der Waals surface area contributed by atoms with Gasteiger partial charge in [0.05, 0.1) is 0 Å². The van der Waals surface area contributed by atoms with Gasteiger partial charge in [0.25, 0.3) is 0 Å². The lowest BCUT2D eigenvalue weighted by Gasteiger charge is -2.16. The van der Waals surface area contributed by atoms with Crippen molar-refractivity contribution in [3.8, 4) is 0 Å². The van der Waals surface area contributed by atoms with E-state index in [-0.39, 0.29) is 18.6 Å². The number of carbonyl (C=O) groups is 4. The smallest absolute Gasteiger partial charge is 0.322 e. The molecule has 0 aromatic rings. The maximum absolute atomic E-state index is 11.6. The Balaban J connectivity index is 4.35. The highest BCUT2D eigenvalue weighted by Gasteiger charge is 2.22. The zero-order valence-corrected chi connectivity index (χ0v) is 11.8. The molecule has 0 saturated heterocycles. The van der Waals surface area contributed by atoms with Gasteiger partial charge in [-0.25, -0.2) is 0 Å². The van der Waals surface area contributed by atoms with E-state index in [4.69, 9.17) is 20.5 Å². The zero-order valence-electron chi connectivity index (χ0n) is 10.9. The van der Waals surface area contributed by atoms with E-state index in [1.165, 1.54) is 0 Å². The van der Waals surface area contributed by atoms with Crippen molar-refractivity contribution in [1.29, 1.82) is 0 Å². The van der Waals surface area contributed by atoms with E-state index in [1.54, 1.807) is 0 Å². The standard InChI is InChI=1S/C10H17N3O7S/c11-5(10(18)19)1-2-7(14)13-6(4-21-20)9(17)12-3-8(15)16/h5-6,20H,1-4,11H2,(H,12,17)(H,13,14)(H,15,16)(H,18,19)/t5-,6-/m0/s1. The van der Waals surface area contributed by atoms with Crippen molar-refractivity contribution in [2.45, 2.75) is 24.9 Å². The lowest BCUT2D eigenvalue weighted by atomic mass is 10.1. The van der Waals surface area contributed by atoms with Crippen LogP contribution in [0, 0.1) is 0 Å². The summed E-state index contributed by atoms with van der Waals surface area (Å²) in [6, 6.07) is -2.32. The Morgan fingerprint density at radius 3 is 2.29 bits per heavy atom. The van der Waals surface area contributed by atoms with Crippen LogP contribution in [-0.2, 0) is 19.2 Å². The summed E-state index contributed by atoms with van der Waals surface area (Å²) in [5.74, 6) is -4.07. The molecule has 0 fully saturated rings. The molecule has 0 aromatic heterocycles. The average molecular weight is 323 g/mol. The number of carbonyl (C=O) groups excluding carboxylic acids is 2. The van der Waals surface area contributed by atoms with E-state index >= 15 is 0 Å². The molecule has 0 saturated carbocycles. The lowest BCUT2D eigenvalue weighted by Crippen LogP contribution is -2.49. The summed E-state index contributed by atoms with van der Waals surface area (Å²) in [6.07, 6.45) is -0.330. The first-order valence-corrected chi connectivity index (χ1v) is 6.75.